The molecule has 3 nitrogen and oxygen atoms in total. The molecular weight excluding hydrogens is 739 g/mol. The molecule has 0 spiro atoms. The highest BCUT2D eigenvalue weighted by Gasteiger charge is 2.17. The summed E-state index contributed by atoms with van der Waals surface area (Å²) in [6, 6.07) is 80.5. The van der Waals surface area contributed by atoms with Crippen LogP contribution in [0.15, 0.2) is 224 Å². The van der Waals surface area contributed by atoms with Crippen molar-refractivity contribution in [3.63, 3.8) is 0 Å². The van der Waals surface area contributed by atoms with Gasteiger partial charge in [0.15, 0.2) is 5.82 Å². The molecule has 0 fully saturated rings. The topological polar surface area (TPSA) is 30.7 Å². The van der Waals surface area contributed by atoms with Crippen LogP contribution in [0.3, 0.4) is 0 Å². The Morgan fingerprint density at radius 3 is 1.69 bits per heavy atom. The number of hydrogen-bond acceptors (Lipinski definition) is 2. The number of aromatic nitrogens is 3. The van der Waals surface area contributed by atoms with Crippen molar-refractivity contribution in [2.24, 2.45) is 0 Å². The number of fused-ring (bicyclic) bond motifs is 7. The summed E-state index contributed by atoms with van der Waals surface area (Å²) in [4.78, 5) is 10.5. The van der Waals surface area contributed by atoms with Gasteiger partial charge in [-0.05, 0) is 103 Å². The Hall–Kier alpha value is -8.14. The summed E-state index contributed by atoms with van der Waals surface area (Å²) in [5.74, 6) is 0.692. The fourth-order valence-electron chi connectivity index (χ4n) is 9.26. The van der Waals surface area contributed by atoms with Gasteiger partial charge in [0.2, 0.25) is 0 Å². The van der Waals surface area contributed by atoms with Crippen molar-refractivity contribution in [1.82, 2.24) is 14.5 Å². The first-order valence-corrected chi connectivity index (χ1v) is 20.8. The highest BCUT2D eigenvalue weighted by atomic mass is 15.0. The lowest BCUT2D eigenvalue weighted by Crippen LogP contribution is -1.96. The lowest BCUT2D eigenvalue weighted by Gasteiger charge is -2.15. The first kappa shape index (κ1) is 34.9. The van der Waals surface area contributed by atoms with Gasteiger partial charge in [-0.2, -0.15) is 0 Å². The first-order chi connectivity index (χ1) is 30.2. The molecule has 0 aliphatic carbocycles. The second-order valence-electron chi connectivity index (χ2n) is 15.8. The molecule has 0 aliphatic rings. The van der Waals surface area contributed by atoms with Crippen LogP contribution in [0.4, 0.5) is 0 Å². The Morgan fingerprint density at radius 1 is 0.279 bits per heavy atom. The third kappa shape index (κ3) is 5.98. The van der Waals surface area contributed by atoms with E-state index in [2.05, 4.69) is 223 Å². The van der Waals surface area contributed by atoms with Gasteiger partial charge in [-0.15, -0.1) is 0 Å². The van der Waals surface area contributed by atoms with E-state index in [4.69, 9.17) is 9.97 Å². The molecule has 284 valence electrons. The first-order valence-electron chi connectivity index (χ1n) is 20.8. The van der Waals surface area contributed by atoms with Gasteiger partial charge < -0.3 is 4.57 Å². The standard InChI is InChI=1S/C58H37N3/c1-3-15-39(16-4-1)53-37-54(45-19-13-18-42(34-45)43-31-33-56-52(35-43)49-24-11-12-25-55(49)61(56)46-20-5-2-6-21-46)60-58(59-53)41-28-26-40(27-29-41)57-48-23-10-8-17-44(48)36-51-47-22-9-7-14-38(47)30-32-50(51)57/h1-37H. The third-order valence-corrected chi connectivity index (χ3v) is 12.2. The molecule has 12 aromatic rings. The molecule has 0 aliphatic heterocycles. The largest absolute Gasteiger partial charge is 0.309 e. The van der Waals surface area contributed by atoms with Crippen LogP contribution < -0.4 is 0 Å². The van der Waals surface area contributed by atoms with Crippen LogP contribution in [0.5, 0.6) is 0 Å². The van der Waals surface area contributed by atoms with Gasteiger partial charge in [0, 0.05) is 33.2 Å². The average Bonchev–Trinajstić information content (AvgIpc) is 3.67. The summed E-state index contributed by atoms with van der Waals surface area (Å²) in [7, 11) is 0. The van der Waals surface area contributed by atoms with Crippen LogP contribution in [0.2, 0.25) is 0 Å². The lowest BCUT2D eigenvalue weighted by molar-refractivity contribution is 1.18. The van der Waals surface area contributed by atoms with E-state index in [0.717, 1.165) is 50.5 Å². The van der Waals surface area contributed by atoms with Crippen LogP contribution in [0.1, 0.15) is 0 Å². The molecule has 0 atom stereocenters. The molecule has 3 heteroatoms. The van der Waals surface area contributed by atoms with Crippen molar-refractivity contribution in [2.45, 2.75) is 0 Å². The maximum absolute atomic E-state index is 5.28. The normalized spacial score (nSPS) is 11.6. The maximum atomic E-state index is 5.28. The Bertz CT molecular complexity index is 3620. The fourth-order valence-corrected chi connectivity index (χ4v) is 9.26. The smallest absolute Gasteiger partial charge is 0.160 e. The van der Waals surface area contributed by atoms with E-state index in [9.17, 15) is 0 Å². The van der Waals surface area contributed by atoms with E-state index in [-0.39, 0.29) is 0 Å². The Balaban J connectivity index is 0.967. The highest BCUT2D eigenvalue weighted by molar-refractivity contribution is 6.20. The summed E-state index contributed by atoms with van der Waals surface area (Å²) in [5.41, 5.74) is 13.1. The maximum Gasteiger partial charge on any atom is 0.160 e. The Morgan fingerprint density at radius 2 is 0.869 bits per heavy atom. The predicted octanol–water partition coefficient (Wildman–Crippen LogP) is 15.4. The SMILES string of the molecule is c1ccc(-c2cc(-c3cccc(-c4ccc5c(c4)c4ccccc4n5-c4ccccc4)c3)nc(-c3ccc(-c4c5ccccc5cc5c4ccc4ccccc45)cc3)n2)cc1. The number of nitrogens with zero attached hydrogens (tertiary/aromatic N) is 3. The number of benzene rings is 10. The second-order valence-corrected chi connectivity index (χ2v) is 15.8. The van der Waals surface area contributed by atoms with Gasteiger partial charge in [0.1, 0.15) is 0 Å². The zero-order chi connectivity index (χ0) is 40.3. The fraction of sp³-hybridized carbons (Fsp3) is 0. The molecular formula is C58H37N3. The van der Waals surface area contributed by atoms with Gasteiger partial charge in [-0.3, -0.25) is 0 Å². The van der Waals surface area contributed by atoms with Gasteiger partial charge in [0.25, 0.3) is 0 Å². The van der Waals surface area contributed by atoms with Crippen LogP contribution >= 0.6 is 0 Å². The minimum atomic E-state index is 0.692. The van der Waals surface area contributed by atoms with Crippen molar-refractivity contribution < 1.29 is 0 Å². The van der Waals surface area contributed by atoms with Gasteiger partial charge in [0.05, 0.1) is 22.4 Å². The van der Waals surface area contributed by atoms with E-state index >= 15 is 0 Å². The number of rotatable bonds is 6. The zero-order valence-corrected chi connectivity index (χ0v) is 33.2. The quantitative estimate of drug-likeness (QED) is 0.124. The van der Waals surface area contributed by atoms with Crippen molar-refractivity contribution >= 4 is 54.1 Å². The van der Waals surface area contributed by atoms with Gasteiger partial charge in [-0.1, -0.05) is 176 Å². The molecule has 10 aromatic carbocycles. The molecule has 0 amide bonds. The summed E-state index contributed by atoms with van der Waals surface area (Å²) in [6.07, 6.45) is 0. The van der Waals surface area contributed by atoms with E-state index in [1.54, 1.807) is 0 Å². The number of para-hydroxylation sites is 2. The molecule has 2 aromatic heterocycles. The highest BCUT2D eigenvalue weighted by Crippen LogP contribution is 2.41. The lowest BCUT2D eigenvalue weighted by atomic mass is 9.89. The van der Waals surface area contributed by atoms with Crippen molar-refractivity contribution in [2.75, 3.05) is 0 Å². The molecule has 0 unspecified atom stereocenters. The third-order valence-electron chi connectivity index (χ3n) is 12.2. The zero-order valence-electron chi connectivity index (χ0n) is 33.2. The molecule has 0 N–H and O–H groups in total. The molecule has 0 saturated carbocycles. The van der Waals surface area contributed by atoms with Crippen LogP contribution in [0.25, 0.3) is 116 Å². The van der Waals surface area contributed by atoms with Crippen LogP contribution in [-0.2, 0) is 0 Å². The predicted molar refractivity (Wildman–Crippen MR) is 256 cm³/mol. The van der Waals surface area contributed by atoms with Crippen LogP contribution in [0, 0.1) is 0 Å². The molecule has 2 heterocycles. The van der Waals surface area contributed by atoms with Crippen LogP contribution in [-0.4, -0.2) is 14.5 Å². The average molecular weight is 776 g/mol. The summed E-state index contributed by atoms with van der Waals surface area (Å²) in [6.45, 7) is 0. The summed E-state index contributed by atoms with van der Waals surface area (Å²) < 4.78 is 2.36. The number of hydrogen-bond donors (Lipinski definition) is 0. The Kier molecular flexibility index (Phi) is 8.17. The molecule has 0 bridgehead atoms. The van der Waals surface area contributed by atoms with Gasteiger partial charge >= 0.3 is 0 Å². The van der Waals surface area contributed by atoms with E-state index in [0.29, 0.717) is 5.82 Å². The molecule has 0 saturated heterocycles. The Labute approximate surface area is 353 Å². The minimum Gasteiger partial charge on any atom is -0.309 e. The molecule has 61 heavy (non-hydrogen) atoms. The van der Waals surface area contributed by atoms with Crippen molar-refractivity contribution in [1.29, 1.82) is 0 Å². The van der Waals surface area contributed by atoms with Crippen molar-refractivity contribution in [3.05, 3.63) is 224 Å². The van der Waals surface area contributed by atoms with Gasteiger partial charge in [-0.25, -0.2) is 9.97 Å². The molecule has 12 rings (SSSR count). The van der Waals surface area contributed by atoms with Crippen molar-refractivity contribution in [3.8, 4) is 61.8 Å². The second kappa shape index (κ2) is 14.3. The monoisotopic (exact) mass is 775 g/mol. The molecule has 0 radical (unpaired) electrons. The summed E-state index contributed by atoms with van der Waals surface area (Å²) in [5, 5.41) is 9.96. The van der Waals surface area contributed by atoms with E-state index in [1.807, 2.05) is 6.07 Å². The van der Waals surface area contributed by atoms with E-state index in [1.165, 1.54) is 59.7 Å². The summed E-state index contributed by atoms with van der Waals surface area (Å²) >= 11 is 0. The minimum absolute atomic E-state index is 0.692. The van der Waals surface area contributed by atoms with E-state index < -0.39 is 0 Å².